The normalized spacial score (nSPS) is 11.4. The summed E-state index contributed by atoms with van der Waals surface area (Å²) >= 11 is 1.58. The number of rotatable bonds is 4. The SMILES string of the molecule is Cc1ccc(NSc2ccc(C(C)(C)O)cc2)c(C)c1. The Morgan fingerprint density at radius 3 is 2.20 bits per heavy atom. The van der Waals surface area contributed by atoms with Gasteiger partial charge in [-0.15, -0.1) is 0 Å². The van der Waals surface area contributed by atoms with Crippen LogP contribution in [0.25, 0.3) is 0 Å². The van der Waals surface area contributed by atoms with E-state index in [9.17, 15) is 5.11 Å². The van der Waals surface area contributed by atoms with E-state index in [0.29, 0.717) is 0 Å². The van der Waals surface area contributed by atoms with Gasteiger partial charge in [-0.25, -0.2) is 0 Å². The Hall–Kier alpha value is -1.45. The van der Waals surface area contributed by atoms with Gasteiger partial charge in [0.2, 0.25) is 0 Å². The molecule has 0 saturated carbocycles. The third-order valence-corrected chi connectivity index (χ3v) is 4.05. The Kier molecular flexibility index (Phi) is 4.41. The largest absolute Gasteiger partial charge is 0.386 e. The van der Waals surface area contributed by atoms with E-state index in [2.05, 4.69) is 36.8 Å². The highest BCUT2D eigenvalue weighted by Gasteiger charge is 2.15. The van der Waals surface area contributed by atoms with Crippen molar-refractivity contribution in [3.63, 3.8) is 0 Å². The van der Waals surface area contributed by atoms with Crippen molar-refractivity contribution in [2.45, 2.75) is 38.2 Å². The molecule has 0 aromatic heterocycles. The zero-order chi connectivity index (χ0) is 14.8. The Balaban J connectivity index is 2.04. The summed E-state index contributed by atoms with van der Waals surface area (Å²) in [7, 11) is 0. The van der Waals surface area contributed by atoms with E-state index in [1.54, 1.807) is 25.8 Å². The molecule has 0 aliphatic rings. The fourth-order valence-corrected chi connectivity index (χ4v) is 2.70. The molecule has 0 aliphatic carbocycles. The molecule has 2 rings (SSSR count). The van der Waals surface area contributed by atoms with Gasteiger partial charge in [0.15, 0.2) is 0 Å². The fraction of sp³-hybridized carbons (Fsp3) is 0.294. The minimum Gasteiger partial charge on any atom is -0.386 e. The maximum Gasteiger partial charge on any atom is 0.0840 e. The van der Waals surface area contributed by atoms with Crippen molar-refractivity contribution < 1.29 is 5.11 Å². The van der Waals surface area contributed by atoms with Crippen LogP contribution in [-0.2, 0) is 5.60 Å². The molecule has 0 amide bonds. The van der Waals surface area contributed by atoms with Crippen molar-refractivity contribution in [2.24, 2.45) is 0 Å². The first-order chi connectivity index (χ1) is 9.36. The predicted octanol–water partition coefficient (Wildman–Crippen LogP) is 4.65. The van der Waals surface area contributed by atoms with Crippen LogP contribution in [0, 0.1) is 13.8 Å². The second kappa shape index (κ2) is 5.90. The summed E-state index contributed by atoms with van der Waals surface area (Å²) in [5.41, 5.74) is 3.78. The smallest absolute Gasteiger partial charge is 0.0840 e. The number of hydrogen-bond donors (Lipinski definition) is 2. The van der Waals surface area contributed by atoms with Crippen LogP contribution in [0.1, 0.15) is 30.5 Å². The average Bonchev–Trinajstić information content (AvgIpc) is 2.37. The monoisotopic (exact) mass is 287 g/mol. The minimum atomic E-state index is -0.788. The molecule has 2 nitrogen and oxygen atoms in total. The summed E-state index contributed by atoms with van der Waals surface area (Å²) in [6, 6.07) is 14.3. The van der Waals surface area contributed by atoms with Crippen molar-refractivity contribution in [1.82, 2.24) is 0 Å². The van der Waals surface area contributed by atoms with Gasteiger partial charge < -0.3 is 9.83 Å². The number of anilines is 1. The van der Waals surface area contributed by atoms with Crippen molar-refractivity contribution in [1.29, 1.82) is 0 Å². The van der Waals surface area contributed by atoms with Gasteiger partial charge >= 0.3 is 0 Å². The van der Waals surface area contributed by atoms with Crippen LogP contribution in [0.5, 0.6) is 0 Å². The van der Waals surface area contributed by atoms with E-state index in [4.69, 9.17) is 0 Å². The highest BCUT2D eigenvalue weighted by atomic mass is 32.2. The molecule has 0 aliphatic heterocycles. The average molecular weight is 287 g/mol. The van der Waals surface area contributed by atoms with E-state index >= 15 is 0 Å². The molecule has 20 heavy (non-hydrogen) atoms. The second-order valence-corrected chi connectivity index (χ2v) is 6.49. The molecule has 0 fully saturated rings. The molecule has 0 bridgehead atoms. The lowest BCUT2D eigenvalue weighted by Gasteiger charge is -2.18. The van der Waals surface area contributed by atoms with E-state index in [-0.39, 0.29) is 0 Å². The van der Waals surface area contributed by atoms with Crippen LogP contribution in [0.15, 0.2) is 47.4 Å². The van der Waals surface area contributed by atoms with Crippen LogP contribution in [0.2, 0.25) is 0 Å². The van der Waals surface area contributed by atoms with E-state index in [1.807, 2.05) is 24.3 Å². The summed E-state index contributed by atoms with van der Waals surface area (Å²) in [4.78, 5) is 1.12. The lowest BCUT2D eigenvalue weighted by molar-refractivity contribution is 0.0785. The summed E-state index contributed by atoms with van der Waals surface area (Å²) in [5, 5.41) is 9.93. The van der Waals surface area contributed by atoms with Gasteiger partial charge in [0.05, 0.1) is 5.60 Å². The van der Waals surface area contributed by atoms with Crippen molar-refractivity contribution in [3.8, 4) is 0 Å². The van der Waals surface area contributed by atoms with Crippen molar-refractivity contribution in [2.75, 3.05) is 4.72 Å². The Labute approximate surface area is 125 Å². The van der Waals surface area contributed by atoms with Gasteiger partial charge in [-0.3, -0.25) is 0 Å². The summed E-state index contributed by atoms with van der Waals surface area (Å²) in [6.07, 6.45) is 0. The molecule has 2 aromatic rings. The molecule has 106 valence electrons. The lowest BCUT2D eigenvalue weighted by atomic mass is 9.99. The molecule has 0 heterocycles. The van der Waals surface area contributed by atoms with E-state index in [1.165, 1.54) is 11.1 Å². The Morgan fingerprint density at radius 1 is 1.00 bits per heavy atom. The molecule has 2 aromatic carbocycles. The minimum absolute atomic E-state index is 0.788. The maximum atomic E-state index is 9.93. The number of nitrogens with one attached hydrogen (secondary N) is 1. The van der Waals surface area contributed by atoms with Crippen LogP contribution < -0.4 is 4.72 Å². The topological polar surface area (TPSA) is 32.3 Å². The van der Waals surface area contributed by atoms with Crippen LogP contribution in [-0.4, -0.2) is 5.11 Å². The number of aryl methyl sites for hydroxylation is 2. The molecule has 0 spiro atoms. The van der Waals surface area contributed by atoms with Crippen LogP contribution in [0.3, 0.4) is 0 Å². The lowest BCUT2D eigenvalue weighted by Crippen LogP contribution is -2.14. The maximum absolute atomic E-state index is 9.93. The van der Waals surface area contributed by atoms with Crippen molar-refractivity contribution in [3.05, 3.63) is 59.2 Å². The first-order valence-electron chi connectivity index (χ1n) is 6.69. The predicted molar refractivity (Wildman–Crippen MR) is 87.1 cm³/mol. The molecule has 0 atom stereocenters. The molecular weight excluding hydrogens is 266 g/mol. The molecule has 2 N–H and O–H groups in total. The zero-order valence-electron chi connectivity index (χ0n) is 12.4. The van der Waals surface area contributed by atoms with Gasteiger partial charge in [0, 0.05) is 10.6 Å². The molecule has 0 unspecified atom stereocenters. The third-order valence-electron chi connectivity index (χ3n) is 3.22. The summed E-state index contributed by atoms with van der Waals surface area (Å²) in [6.45, 7) is 7.79. The highest BCUT2D eigenvalue weighted by molar-refractivity contribution is 8.00. The molecule has 0 radical (unpaired) electrons. The first kappa shape index (κ1) is 14.9. The standard InChI is InChI=1S/C17H21NOS/c1-12-5-10-16(13(2)11-12)18-20-15-8-6-14(7-9-15)17(3,4)19/h5-11,18-19H,1-4H3. The van der Waals surface area contributed by atoms with Gasteiger partial charge in [-0.05, 0) is 69.0 Å². The van der Waals surface area contributed by atoms with E-state index < -0.39 is 5.60 Å². The summed E-state index contributed by atoms with van der Waals surface area (Å²) < 4.78 is 3.37. The van der Waals surface area contributed by atoms with Gasteiger partial charge in [-0.2, -0.15) is 0 Å². The van der Waals surface area contributed by atoms with Crippen molar-refractivity contribution >= 4 is 17.6 Å². The number of aliphatic hydroxyl groups is 1. The first-order valence-corrected chi connectivity index (χ1v) is 7.51. The quantitative estimate of drug-likeness (QED) is 0.803. The highest BCUT2D eigenvalue weighted by Crippen LogP contribution is 2.26. The third kappa shape index (κ3) is 3.78. The molecular formula is C17H21NOS. The second-order valence-electron chi connectivity index (χ2n) is 5.61. The van der Waals surface area contributed by atoms with Crippen LogP contribution in [0.4, 0.5) is 5.69 Å². The zero-order valence-corrected chi connectivity index (χ0v) is 13.2. The number of benzene rings is 2. The Bertz CT molecular complexity index is 585. The fourth-order valence-electron chi connectivity index (χ4n) is 1.97. The Morgan fingerprint density at radius 2 is 1.65 bits per heavy atom. The number of hydrogen-bond acceptors (Lipinski definition) is 3. The van der Waals surface area contributed by atoms with Gasteiger partial charge in [0.1, 0.15) is 0 Å². The molecule has 3 heteroatoms. The summed E-state index contributed by atoms with van der Waals surface area (Å²) in [5.74, 6) is 0. The van der Waals surface area contributed by atoms with Gasteiger partial charge in [0.25, 0.3) is 0 Å². The van der Waals surface area contributed by atoms with Gasteiger partial charge in [-0.1, -0.05) is 29.8 Å². The van der Waals surface area contributed by atoms with Crippen LogP contribution >= 0.6 is 11.9 Å². The molecule has 0 saturated heterocycles. The van der Waals surface area contributed by atoms with E-state index in [0.717, 1.165) is 16.1 Å².